The molecule has 2 N–H and O–H groups in total. The Morgan fingerprint density at radius 3 is 2.41 bits per heavy atom. The quantitative estimate of drug-likeness (QED) is 0.625. The molecule has 1 fully saturated rings. The molecule has 2 aromatic rings. The number of urea groups is 1. The number of rotatable bonds is 8. The zero-order chi connectivity index (χ0) is 23.9. The number of ether oxygens (including phenoxy) is 1. The summed E-state index contributed by atoms with van der Waals surface area (Å²) >= 11 is 0. The predicted octanol–water partition coefficient (Wildman–Crippen LogP) is 2.68. The van der Waals surface area contributed by atoms with Crippen molar-refractivity contribution in [1.29, 1.82) is 0 Å². The van der Waals surface area contributed by atoms with Crippen LogP contribution in [0.25, 0.3) is 0 Å². The maximum atomic E-state index is 13.0. The maximum absolute atomic E-state index is 13.0. The predicted molar refractivity (Wildman–Crippen MR) is 131 cm³/mol. The molecule has 2 heterocycles. The van der Waals surface area contributed by atoms with Gasteiger partial charge in [-0.25, -0.2) is 4.79 Å². The lowest BCUT2D eigenvalue weighted by Gasteiger charge is -2.35. The number of amides is 4. The molecule has 0 aromatic heterocycles. The monoisotopic (exact) mass is 465 g/mol. The summed E-state index contributed by atoms with van der Waals surface area (Å²) in [6.07, 6.45) is 2.41. The Labute approximate surface area is 199 Å². The van der Waals surface area contributed by atoms with Gasteiger partial charge >= 0.3 is 6.03 Å². The Kier molecular flexibility index (Phi) is 7.64. The Balaban J connectivity index is 1.40. The summed E-state index contributed by atoms with van der Waals surface area (Å²) in [6, 6.07) is 13.8. The molecule has 0 unspecified atom stereocenters. The van der Waals surface area contributed by atoms with E-state index in [1.165, 1.54) is 22.6 Å². The van der Waals surface area contributed by atoms with Crippen LogP contribution in [0.3, 0.4) is 0 Å². The van der Waals surface area contributed by atoms with Crippen LogP contribution in [-0.4, -0.2) is 68.6 Å². The first-order valence-electron chi connectivity index (χ1n) is 11.7. The number of para-hydroxylation sites is 2. The molecular formula is C25H31N5O4. The summed E-state index contributed by atoms with van der Waals surface area (Å²) in [7, 11) is 0. The lowest BCUT2D eigenvalue weighted by molar-refractivity contribution is -0.123. The van der Waals surface area contributed by atoms with E-state index in [1.807, 2.05) is 6.92 Å². The van der Waals surface area contributed by atoms with Gasteiger partial charge in [0.05, 0.1) is 18.0 Å². The molecule has 0 saturated carbocycles. The first-order valence-corrected chi connectivity index (χ1v) is 11.7. The third-order valence-corrected chi connectivity index (χ3v) is 5.97. The van der Waals surface area contributed by atoms with Gasteiger partial charge in [-0.1, -0.05) is 12.1 Å². The Hall–Kier alpha value is -3.59. The number of nitrogens with zero attached hydrogens (tertiary/aromatic N) is 3. The van der Waals surface area contributed by atoms with Crippen LogP contribution in [0.4, 0.5) is 21.9 Å². The molecule has 2 aromatic carbocycles. The summed E-state index contributed by atoms with van der Waals surface area (Å²) in [4.78, 5) is 43.7. The van der Waals surface area contributed by atoms with E-state index >= 15 is 0 Å². The lowest BCUT2D eigenvalue weighted by Crippen LogP contribution is -2.52. The first kappa shape index (κ1) is 23.6. The van der Waals surface area contributed by atoms with Crippen molar-refractivity contribution >= 4 is 34.9 Å². The number of benzene rings is 2. The van der Waals surface area contributed by atoms with Crippen molar-refractivity contribution in [2.24, 2.45) is 0 Å². The normalized spacial score (nSPS) is 15.7. The van der Waals surface area contributed by atoms with Crippen LogP contribution in [0.15, 0.2) is 48.5 Å². The van der Waals surface area contributed by atoms with Gasteiger partial charge < -0.3 is 20.3 Å². The van der Waals surface area contributed by atoms with Crippen molar-refractivity contribution in [3.63, 3.8) is 0 Å². The van der Waals surface area contributed by atoms with Gasteiger partial charge in [0.25, 0.3) is 0 Å². The summed E-state index contributed by atoms with van der Waals surface area (Å²) < 4.78 is 5.43. The van der Waals surface area contributed by atoms with E-state index in [0.717, 1.165) is 19.6 Å². The molecule has 9 nitrogen and oxygen atoms in total. The van der Waals surface area contributed by atoms with E-state index < -0.39 is 6.03 Å². The number of fused-ring (bicyclic) bond motifs is 1. The maximum Gasteiger partial charge on any atom is 0.326 e. The van der Waals surface area contributed by atoms with Gasteiger partial charge in [0.15, 0.2) is 0 Å². The van der Waals surface area contributed by atoms with E-state index in [0.29, 0.717) is 36.0 Å². The van der Waals surface area contributed by atoms with Crippen LogP contribution in [0.5, 0.6) is 5.75 Å². The largest absolute Gasteiger partial charge is 0.494 e. The van der Waals surface area contributed by atoms with Crippen molar-refractivity contribution in [3.05, 3.63) is 48.5 Å². The van der Waals surface area contributed by atoms with Gasteiger partial charge in [-0.05, 0) is 69.3 Å². The lowest BCUT2D eigenvalue weighted by atomic mass is 10.1. The minimum absolute atomic E-state index is 0.0792. The molecule has 9 heteroatoms. The summed E-state index contributed by atoms with van der Waals surface area (Å²) in [5.74, 6) is 0.193. The van der Waals surface area contributed by atoms with Gasteiger partial charge in [-0.15, -0.1) is 0 Å². The second kappa shape index (κ2) is 11.0. The average molecular weight is 466 g/mol. The highest BCUT2D eigenvalue weighted by atomic mass is 16.5. The topological polar surface area (TPSA) is 94.2 Å². The van der Waals surface area contributed by atoms with Gasteiger partial charge in [0.1, 0.15) is 18.8 Å². The highest BCUT2D eigenvalue weighted by Gasteiger charge is 2.33. The SMILES string of the molecule is CCOc1ccc(NC(=O)N2CC(=O)N(CC(=O)NCCN3CCCC3)c3ccccc32)cc1. The van der Waals surface area contributed by atoms with Crippen LogP contribution in [0, 0.1) is 0 Å². The van der Waals surface area contributed by atoms with Crippen molar-refractivity contribution in [1.82, 2.24) is 10.2 Å². The molecule has 0 spiro atoms. The number of hydrogen-bond donors (Lipinski definition) is 2. The van der Waals surface area contributed by atoms with Crippen LogP contribution < -0.4 is 25.2 Å². The molecule has 0 aliphatic carbocycles. The molecule has 2 aliphatic heterocycles. The van der Waals surface area contributed by atoms with Crippen LogP contribution >= 0.6 is 0 Å². The third kappa shape index (κ3) is 5.66. The highest BCUT2D eigenvalue weighted by Crippen LogP contribution is 2.33. The van der Waals surface area contributed by atoms with Crippen LogP contribution in [-0.2, 0) is 9.59 Å². The number of hydrogen-bond acceptors (Lipinski definition) is 5. The Bertz CT molecular complexity index is 1020. The van der Waals surface area contributed by atoms with Gasteiger partial charge in [-0.2, -0.15) is 0 Å². The fourth-order valence-electron chi connectivity index (χ4n) is 4.27. The van der Waals surface area contributed by atoms with Crippen molar-refractivity contribution < 1.29 is 19.1 Å². The van der Waals surface area contributed by atoms with Crippen LogP contribution in [0.1, 0.15) is 19.8 Å². The number of likely N-dealkylation sites (tertiary alicyclic amines) is 1. The van der Waals surface area contributed by atoms with Crippen LogP contribution in [0.2, 0.25) is 0 Å². The minimum Gasteiger partial charge on any atom is -0.494 e. The van der Waals surface area contributed by atoms with Crippen molar-refractivity contribution in [3.8, 4) is 5.75 Å². The van der Waals surface area contributed by atoms with E-state index in [2.05, 4.69) is 15.5 Å². The van der Waals surface area contributed by atoms with Crippen molar-refractivity contribution in [2.75, 3.05) is 61.0 Å². The molecule has 180 valence electrons. The molecule has 2 aliphatic rings. The molecule has 34 heavy (non-hydrogen) atoms. The van der Waals surface area contributed by atoms with Crippen molar-refractivity contribution in [2.45, 2.75) is 19.8 Å². The molecular weight excluding hydrogens is 434 g/mol. The summed E-state index contributed by atoms with van der Waals surface area (Å²) in [6.45, 7) is 5.75. The second-order valence-electron chi connectivity index (χ2n) is 8.34. The summed E-state index contributed by atoms with van der Waals surface area (Å²) in [5, 5.41) is 5.74. The average Bonchev–Trinajstić information content (AvgIpc) is 3.35. The summed E-state index contributed by atoms with van der Waals surface area (Å²) in [5.41, 5.74) is 1.71. The smallest absolute Gasteiger partial charge is 0.326 e. The molecule has 0 bridgehead atoms. The first-order chi connectivity index (χ1) is 16.5. The van der Waals surface area contributed by atoms with Gasteiger partial charge in [0, 0.05) is 18.8 Å². The number of nitrogens with one attached hydrogen (secondary N) is 2. The third-order valence-electron chi connectivity index (χ3n) is 5.97. The standard InChI is InChI=1S/C25H31N5O4/c1-2-34-20-11-9-19(10-12-20)27-25(33)30-18-24(32)29(21-7-3-4-8-22(21)30)17-23(31)26-13-16-28-14-5-6-15-28/h3-4,7-12H,2,5-6,13-18H2,1H3,(H,26,31)(H,27,33). The highest BCUT2D eigenvalue weighted by molar-refractivity contribution is 6.15. The Morgan fingerprint density at radius 1 is 1.00 bits per heavy atom. The molecule has 4 amide bonds. The molecule has 1 saturated heterocycles. The zero-order valence-corrected chi connectivity index (χ0v) is 19.5. The fourth-order valence-corrected chi connectivity index (χ4v) is 4.27. The molecule has 4 rings (SSSR count). The van der Waals surface area contributed by atoms with E-state index in [4.69, 9.17) is 4.74 Å². The second-order valence-corrected chi connectivity index (χ2v) is 8.34. The Morgan fingerprint density at radius 2 is 1.71 bits per heavy atom. The number of carbonyl (C=O) groups is 3. The van der Waals surface area contributed by atoms with E-state index in [1.54, 1.807) is 48.5 Å². The molecule has 0 radical (unpaired) electrons. The molecule has 0 atom stereocenters. The number of carbonyl (C=O) groups excluding carboxylic acids is 3. The van der Waals surface area contributed by atoms with E-state index in [-0.39, 0.29) is 24.9 Å². The minimum atomic E-state index is -0.417. The number of anilines is 3. The van der Waals surface area contributed by atoms with Gasteiger partial charge in [0.2, 0.25) is 11.8 Å². The van der Waals surface area contributed by atoms with Gasteiger partial charge in [-0.3, -0.25) is 19.4 Å². The van der Waals surface area contributed by atoms with E-state index in [9.17, 15) is 14.4 Å². The zero-order valence-electron chi connectivity index (χ0n) is 19.5. The fraction of sp³-hybridized carbons (Fsp3) is 0.400.